The molecular weight excluding hydrogens is 482 g/mol. The van der Waals surface area contributed by atoms with Gasteiger partial charge in [0.1, 0.15) is 5.69 Å². The average molecular weight is 515 g/mol. The predicted molar refractivity (Wildman–Crippen MR) is 131 cm³/mol. The van der Waals surface area contributed by atoms with Crippen molar-refractivity contribution in [1.82, 2.24) is 39.9 Å². The highest BCUT2D eigenvalue weighted by Crippen LogP contribution is 2.41. The van der Waals surface area contributed by atoms with Gasteiger partial charge in [-0.25, -0.2) is 23.1 Å². The van der Waals surface area contributed by atoms with Gasteiger partial charge in [0.15, 0.2) is 5.65 Å². The lowest BCUT2D eigenvalue weighted by Crippen LogP contribution is -2.45. The van der Waals surface area contributed by atoms with Crippen LogP contribution in [0.2, 0.25) is 0 Å². The summed E-state index contributed by atoms with van der Waals surface area (Å²) in [6.45, 7) is 5.62. The zero-order valence-electron chi connectivity index (χ0n) is 21.0. The van der Waals surface area contributed by atoms with Crippen LogP contribution in [0, 0.1) is 5.92 Å². The van der Waals surface area contributed by atoms with E-state index >= 15 is 0 Å². The fraction of sp³-hybridized carbons (Fsp3) is 0.560. The number of carbonyl (C=O) groups excluding carboxylic acids is 2. The molecule has 12 heteroatoms. The van der Waals surface area contributed by atoms with Crippen LogP contribution in [0.5, 0.6) is 0 Å². The van der Waals surface area contributed by atoms with E-state index in [0.29, 0.717) is 36.7 Å². The molecule has 4 heterocycles. The van der Waals surface area contributed by atoms with Crippen molar-refractivity contribution in [2.75, 3.05) is 13.1 Å². The van der Waals surface area contributed by atoms with Crippen molar-refractivity contribution in [2.24, 2.45) is 5.92 Å². The molecule has 3 aromatic heterocycles. The van der Waals surface area contributed by atoms with Crippen molar-refractivity contribution in [1.29, 1.82) is 0 Å². The summed E-state index contributed by atoms with van der Waals surface area (Å²) in [6, 6.07) is 2.84. The number of imidazole rings is 1. The fourth-order valence-corrected chi connectivity index (χ4v) is 5.17. The lowest BCUT2D eigenvalue weighted by atomic mass is 9.81. The molecule has 1 aliphatic heterocycles. The number of nitrogens with zero attached hydrogens (tertiary/aromatic N) is 6. The molecule has 10 nitrogen and oxygen atoms in total. The van der Waals surface area contributed by atoms with Crippen LogP contribution in [-0.2, 0) is 6.54 Å². The minimum absolute atomic E-state index is 0.0117. The fourth-order valence-electron chi connectivity index (χ4n) is 5.17. The second kappa shape index (κ2) is 10.1. The van der Waals surface area contributed by atoms with E-state index in [4.69, 9.17) is 4.98 Å². The first-order chi connectivity index (χ1) is 17.7. The molecule has 0 unspecified atom stereocenters. The maximum atomic E-state index is 13.9. The second-order valence-corrected chi connectivity index (χ2v) is 10.2. The number of halogens is 2. The molecule has 2 fully saturated rings. The smallest absolute Gasteiger partial charge is 0.317 e. The van der Waals surface area contributed by atoms with E-state index in [1.807, 2.05) is 19.9 Å². The van der Waals surface area contributed by atoms with Crippen LogP contribution in [0.1, 0.15) is 79.8 Å². The molecule has 0 aromatic carbocycles. The Morgan fingerprint density at radius 3 is 2.78 bits per heavy atom. The number of hydrogen-bond acceptors (Lipinski definition) is 5. The van der Waals surface area contributed by atoms with Gasteiger partial charge in [-0.2, -0.15) is 10.2 Å². The zero-order chi connectivity index (χ0) is 26.2. The molecule has 0 bridgehead atoms. The van der Waals surface area contributed by atoms with Gasteiger partial charge in [-0.3, -0.25) is 9.48 Å². The summed E-state index contributed by atoms with van der Waals surface area (Å²) in [4.78, 5) is 31.9. The normalized spacial score (nSPS) is 19.3. The largest absolute Gasteiger partial charge is 0.342 e. The first kappa shape index (κ1) is 25.1. The number of rotatable bonds is 7. The standard InChI is InChI=1S/C25H32F2N8O2/c1-16(2)35-20(6-10-29-35)23(36)32-22(18-4-7-25(26,27)8-5-18)19-15-34-21(31-19)12-17(13-30-34)14-33-11-3-9-28-24(33)37/h6,10,12-13,15-16,18,22H,3-5,7-9,11,14H2,1-2H3,(H,28,37)(H,32,36)/t22-/m0/s1. The number of amides is 3. The maximum Gasteiger partial charge on any atom is 0.317 e. The average Bonchev–Trinajstić information content (AvgIpc) is 3.51. The zero-order valence-corrected chi connectivity index (χ0v) is 21.0. The summed E-state index contributed by atoms with van der Waals surface area (Å²) in [5.41, 5.74) is 2.38. The van der Waals surface area contributed by atoms with Crippen LogP contribution in [-0.4, -0.2) is 60.2 Å². The van der Waals surface area contributed by atoms with Crippen LogP contribution in [0.25, 0.3) is 5.65 Å². The van der Waals surface area contributed by atoms with Gasteiger partial charge in [-0.1, -0.05) is 0 Å². The molecule has 198 valence electrons. The monoisotopic (exact) mass is 514 g/mol. The Kier molecular flexibility index (Phi) is 6.82. The first-order valence-corrected chi connectivity index (χ1v) is 12.8. The van der Waals surface area contributed by atoms with Crippen LogP contribution in [0.3, 0.4) is 0 Å². The van der Waals surface area contributed by atoms with E-state index in [1.54, 1.807) is 38.8 Å². The molecular formula is C25H32F2N8O2. The van der Waals surface area contributed by atoms with Gasteiger partial charge >= 0.3 is 6.03 Å². The lowest BCUT2D eigenvalue weighted by Gasteiger charge is -2.33. The van der Waals surface area contributed by atoms with Gasteiger partial charge in [0.25, 0.3) is 5.91 Å². The van der Waals surface area contributed by atoms with Crippen molar-refractivity contribution in [2.45, 2.75) is 70.5 Å². The molecule has 1 aliphatic carbocycles. The van der Waals surface area contributed by atoms with Gasteiger partial charge < -0.3 is 15.5 Å². The van der Waals surface area contributed by atoms with Gasteiger partial charge in [0.2, 0.25) is 5.92 Å². The van der Waals surface area contributed by atoms with Crippen molar-refractivity contribution >= 4 is 17.6 Å². The van der Waals surface area contributed by atoms with Crippen LogP contribution in [0.4, 0.5) is 13.6 Å². The number of hydrogen-bond donors (Lipinski definition) is 2. The molecule has 1 atom stereocenters. The number of nitrogens with one attached hydrogen (secondary N) is 2. The van der Waals surface area contributed by atoms with Gasteiger partial charge in [-0.15, -0.1) is 0 Å². The van der Waals surface area contributed by atoms with E-state index in [9.17, 15) is 18.4 Å². The minimum Gasteiger partial charge on any atom is -0.342 e. The number of urea groups is 1. The Morgan fingerprint density at radius 1 is 1.27 bits per heavy atom. The molecule has 0 spiro atoms. The van der Waals surface area contributed by atoms with Gasteiger partial charge in [0, 0.05) is 44.7 Å². The third kappa shape index (κ3) is 5.42. The number of carbonyl (C=O) groups is 2. The van der Waals surface area contributed by atoms with Gasteiger partial charge in [-0.05, 0) is 56.7 Å². The molecule has 5 rings (SSSR count). The van der Waals surface area contributed by atoms with Crippen LogP contribution in [0.15, 0.2) is 30.7 Å². The third-order valence-corrected chi connectivity index (χ3v) is 7.17. The Balaban J connectivity index is 1.42. The predicted octanol–water partition coefficient (Wildman–Crippen LogP) is 3.72. The van der Waals surface area contributed by atoms with Crippen molar-refractivity contribution in [3.8, 4) is 0 Å². The molecule has 0 radical (unpaired) electrons. The molecule has 2 N–H and O–H groups in total. The summed E-state index contributed by atoms with van der Waals surface area (Å²) in [5, 5.41) is 14.6. The quantitative estimate of drug-likeness (QED) is 0.500. The number of alkyl halides is 2. The Hall–Kier alpha value is -3.57. The molecule has 1 saturated carbocycles. The SMILES string of the molecule is CC(C)n1nccc1C(=O)N[C@H](c1cn2ncc(CN3CCCNC3=O)cc2n1)C1CCC(F)(F)CC1. The molecule has 37 heavy (non-hydrogen) atoms. The Labute approximate surface area is 213 Å². The lowest BCUT2D eigenvalue weighted by molar-refractivity contribution is -0.0495. The van der Waals surface area contributed by atoms with E-state index in [0.717, 1.165) is 12.0 Å². The summed E-state index contributed by atoms with van der Waals surface area (Å²) >= 11 is 0. The Morgan fingerprint density at radius 2 is 2.05 bits per heavy atom. The van der Waals surface area contributed by atoms with Crippen molar-refractivity contribution in [3.63, 3.8) is 0 Å². The van der Waals surface area contributed by atoms with E-state index in [2.05, 4.69) is 20.8 Å². The van der Waals surface area contributed by atoms with Crippen molar-refractivity contribution in [3.05, 3.63) is 47.7 Å². The highest BCUT2D eigenvalue weighted by Gasteiger charge is 2.39. The third-order valence-electron chi connectivity index (χ3n) is 7.17. The molecule has 3 aromatic rings. The first-order valence-electron chi connectivity index (χ1n) is 12.8. The van der Waals surface area contributed by atoms with Crippen LogP contribution >= 0.6 is 0 Å². The van der Waals surface area contributed by atoms with Crippen LogP contribution < -0.4 is 10.6 Å². The summed E-state index contributed by atoms with van der Waals surface area (Å²) in [6.07, 6.45) is 6.00. The van der Waals surface area contributed by atoms with E-state index in [1.165, 1.54) is 0 Å². The minimum atomic E-state index is -2.68. The second-order valence-electron chi connectivity index (χ2n) is 10.2. The van der Waals surface area contributed by atoms with E-state index < -0.39 is 12.0 Å². The topological polar surface area (TPSA) is 109 Å². The van der Waals surface area contributed by atoms with Crippen molar-refractivity contribution < 1.29 is 18.4 Å². The molecule has 3 amide bonds. The van der Waals surface area contributed by atoms with E-state index in [-0.39, 0.29) is 49.6 Å². The van der Waals surface area contributed by atoms with Gasteiger partial charge in [0.05, 0.1) is 24.1 Å². The number of fused-ring (bicyclic) bond motifs is 1. The molecule has 1 saturated heterocycles. The maximum absolute atomic E-state index is 13.9. The highest BCUT2D eigenvalue weighted by molar-refractivity contribution is 5.92. The summed E-state index contributed by atoms with van der Waals surface area (Å²) in [5.74, 6) is -3.20. The Bertz CT molecular complexity index is 1280. The number of aromatic nitrogens is 5. The highest BCUT2D eigenvalue weighted by atomic mass is 19.3. The summed E-state index contributed by atoms with van der Waals surface area (Å²) < 4.78 is 31.1. The molecule has 2 aliphatic rings. The summed E-state index contributed by atoms with van der Waals surface area (Å²) in [7, 11) is 0.